The lowest BCUT2D eigenvalue weighted by Crippen LogP contribution is -2.15. The maximum Gasteiger partial charge on any atom is 0.119 e. The molecule has 0 aliphatic heterocycles. The van der Waals surface area contributed by atoms with E-state index in [4.69, 9.17) is 10.5 Å². The van der Waals surface area contributed by atoms with E-state index < -0.39 is 0 Å². The zero-order valence-corrected chi connectivity index (χ0v) is 10.8. The summed E-state index contributed by atoms with van der Waals surface area (Å²) in [6, 6.07) is 0. The summed E-state index contributed by atoms with van der Waals surface area (Å²) in [5, 5.41) is 1.03. The first kappa shape index (κ1) is 12.6. The van der Waals surface area contributed by atoms with E-state index in [1.807, 2.05) is 6.92 Å². The van der Waals surface area contributed by atoms with Gasteiger partial charge in [-0.1, -0.05) is 20.8 Å². The first-order valence-electron chi connectivity index (χ1n) is 5.26. The number of aromatic nitrogens is 1. The predicted octanol–water partition coefficient (Wildman–Crippen LogP) is 2.44. The van der Waals surface area contributed by atoms with Crippen molar-refractivity contribution in [1.82, 2.24) is 4.98 Å². The third kappa shape index (κ3) is 3.26. The van der Waals surface area contributed by atoms with Crippen molar-refractivity contribution >= 4 is 11.3 Å². The Kier molecular flexibility index (Phi) is 4.25. The second kappa shape index (κ2) is 5.05. The van der Waals surface area contributed by atoms with Crippen LogP contribution in [0.1, 0.15) is 43.3 Å². The van der Waals surface area contributed by atoms with Gasteiger partial charge >= 0.3 is 0 Å². The highest BCUT2D eigenvalue weighted by molar-refractivity contribution is 7.11. The van der Waals surface area contributed by atoms with E-state index in [9.17, 15) is 0 Å². The minimum absolute atomic E-state index is 0.0651. The second-order valence-corrected chi connectivity index (χ2v) is 5.64. The number of thiazole rings is 1. The summed E-state index contributed by atoms with van der Waals surface area (Å²) in [6.45, 7) is 10.4. The molecule has 0 amide bonds. The van der Waals surface area contributed by atoms with Crippen molar-refractivity contribution < 1.29 is 4.74 Å². The monoisotopic (exact) mass is 228 g/mol. The van der Waals surface area contributed by atoms with Gasteiger partial charge in [-0.05, 0) is 6.92 Å². The molecule has 0 spiro atoms. The zero-order valence-electron chi connectivity index (χ0n) is 9.96. The Morgan fingerprint density at radius 1 is 1.40 bits per heavy atom. The van der Waals surface area contributed by atoms with Crippen molar-refractivity contribution in [3.63, 3.8) is 0 Å². The quantitative estimate of drug-likeness (QED) is 0.861. The van der Waals surface area contributed by atoms with Crippen LogP contribution < -0.4 is 5.73 Å². The Morgan fingerprint density at radius 2 is 2.07 bits per heavy atom. The van der Waals surface area contributed by atoms with Gasteiger partial charge in [0, 0.05) is 23.4 Å². The average Bonchev–Trinajstić information content (AvgIpc) is 2.57. The van der Waals surface area contributed by atoms with Crippen molar-refractivity contribution in [2.75, 3.05) is 6.61 Å². The molecule has 86 valence electrons. The number of ether oxygens (including phenoxy) is 1. The minimum atomic E-state index is 0.0651. The molecule has 0 fully saturated rings. The highest BCUT2D eigenvalue weighted by Crippen LogP contribution is 2.29. The number of nitrogens with zero attached hydrogens (tertiary/aromatic N) is 1. The topological polar surface area (TPSA) is 48.1 Å². The Bertz CT molecular complexity index is 315. The van der Waals surface area contributed by atoms with Crippen molar-refractivity contribution in [3.8, 4) is 0 Å². The fourth-order valence-corrected chi connectivity index (χ4v) is 2.47. The van der Waals surface area contributed by atoms with Crippen molar-refractivity contribution in [2.45, 2.75) is 46.3 Å². The molecular formula is C11H20N2OS. The summed E-state index contributed by atoms with van der Waals surface area (Å²) in [5.74, 6) is 0. The molecule has 0 radical (unpaired) electrons. The van der Waals surface area contributed by atoms with Crippen LogP contribution in [-0.2, 0) is 23.3 Å². The van der Waals surface area contributed by atoms with Crippen LogP contribution in [0.15, 0.2) is 0 Å². The Morgan fingerprint density at radius 3 is 2.47 bits per heavy atom. The Labute approximate surface area is 95.7 Å². The molecule has 0 aromatic carbocycles. The molecule has 1 rings (SSSR count). The van der Waals surface area contributed by atoms with Crippen LogP contribution in [0.2, 0.25) is 0 Å². The molecule has 0 aliphatic carbocycles. The van der Waals surface area contributed by atoms with Crippen molar-refractivity contribution in [2.24, 2.45) is 5.73 Å². The molecule has 4 heteroatoms. The van der Waals surface area contributed by atoms with Crippen LogP contribution in [-0.4, -0.2) is 11.6 Å². The smallest absolute Gasteiger partial charge is 0.119 e. The summed E-state index contributed by atoms with van der Waals surface area (Å²) in [7, 11) is 0. The van der Waals surface area contributed by atoms with Crippen LogP contribution in [0.3, 0.4) is 0 Å². The number of nitrogens with two attached hydrogens (primary N) is 1. The molecule has 0 aliphatic rings. The largest absolute Gasteiger partial charge is 0.375 e. The van der Waals surface area contributed by atoms with E-state index in [1.54, 1.807) is 11.3 Å². The zero-order chi connectivity index (χ0) is 11.5. The molecule has 0 saturated carbocycles. The summed E-state index contributed by atoms with van der Waals surface area (Å²) < 4.78 is 5.35. The molecule has 0 atom stereocenters. The van der Waals surface area contributed by atoms with Crippen LogP contribution >= 0.6 is 11.3 Å². The van der Waals surface area contributed by atoms with Gasteiger partial charge in [0.25, 0.3) is 0 Å². The summed E-state index contributed by atoms with van der Waals surface area (Å²) >= 11 is 1.67. The Balaban J connectivity index is 2.90. The highest BCUT2D eigenvalue weighted by atomic mass is 32.1. The number of hydrogen-bond donors (Lipinski definition) is 1. The molecule has 0 bridgehead atoms. The van der Waals surface area contributed by atoms with Crippen LogP contribution in [0.4, 0.5) is 0 Å². The van der Waals surface area contributed by atoms with E-state index in [0.29, 0.717) is 13.2 Å². The van der Waals surface area contributed by atoms with Gasteiger partial charge in [-0.25, -0.2) is 4.98 Å². The van der Waals surface area contributed by atoms with E-state index >= 15 is 0 Å². The molecule has 0 saturated heterocycles. The van der Waals surface area contributed by atoms with Gasteiger partial charge in [0.2, 0.25) is 0 Å². The third-order valence-corrected chi connectivity index (χ3v) is 3.12. The van der Waals surface area contributed by atoms with Gasteiger partial charge in [0.15, 0.2) is 0 Å². The fraction of sp³-hybridized carbons (Fsp3) is 0.727. The maximum atomic E-state index is 5.72. The lowest BCUT2D eigenvalue weighted by Gasteiger charge is -2.16. The lowest BCUT2D eigenvalue weighted by atomic mass is 9.91. The van der Waals surface area contributed by atoms with Gasteiger partial charge < -0.3 is 10.5 Å². The molecule has 1 aromatic heterocycles. The van der Waals surface area contributed by atoms with Crippen LogP contribution in [0.5, 0.6) is 0 Å². The lowest BCUT2D eigenvalue weighted by molar-refractivity contribution is 0.133. The Hall–Kier alpha value is -0.450. The summed E-state index contributed by atoms with van der Waals surface area (Å²) in [4.78, 5) is 5.78. The van der Waals surface area contributed by atoms with Crippen molar-refractivity contribution in [3.05, 3.63) is 15.6 Å². The van der Waals surface area contributed by atoms with Gasteiger partial charge in [-0.2, -0.15) is 0 Å². The van der Waals surface area contributed by atoms with Gasteiger partial charge in [-0.15, -0.1) is 11.3 Å². The third-order valence-electron chi connectivity index (χ3n) is 2.07. The maximum absolute atomic E-state index is 5.72. The molecule has 0 unspecified atom stereocenters. The average molecular weight is 228 g/mol. The van der Waals surface area contributed by atoms with E-state index in [0.717, 1.165) is 17.3 Å². The van der Waals surface area contributed by atoms with Gasteiger partial charge in [-0.3, -0.25) is 0 Å². The molecule has 1 aromatic rings. The molecule has 3 nitrogen and oxygen atoms in total. The second-order valence-electron chi connectivity index (χ2n) is 4.47. The SMILES string of the molecule is CCOCc1nc(C(C)(C)C)c(CN)s1. The molecule has 1 heterocycles. The normalized spacial score (nSPS) is 12.1. The number of rotatable bonds is 4. The van der Waals surface area contributed by atoms with Crippen LogP contribution in [0, 0.1) is 0 Å². The van der Waals surface area contributed by atoms with E-state index in [2.05, 4.69) is 25.8 Å². The first-order chi connectivity index (χ1) is 6.99. The van der Waals surface area contributed by atoms with E-state index in [1.165, 1.54) is 4.88 Å². The number of hydrogen-bond acceptors (Lipinski definition) is 4. The standard InChI is InChI=1S/C11H20N2OS/c1-5-14-7-9-13-10(11(2,3)4)8(6-12)15-9/h5-7,12H2,1-4H3. The van der Waals surface area contributed by atoms with Crippen LogP contribution in [0.25, 0.3) is 0 Å². The molecular weight excluding hydrogens is 208 g/mol. The summed E-state index contributed by atoms with van der Waals surface area (Å²) in [6.07, 6.45) is 0. The molecule has 15 heavy (non-hydrogen) atoms. The fourth-order valence-electron chi connectivity index (χ4n) is 1.38. The summed E-state index contributed by atoms with van der Waals surface area (Å²) in [5.41, 5.74) is 6.90. The predicted molar refractivity (Wildman–Crippen MR) is 64.0 cm³/mol. The van der Waals surface area contributed by atoms with Crippen molar-refractivity contribution in [1.29, 1.82) is 0 Å². The van der Waals surface area contributed by atoms with Gasteiger partial charge in [0.05, 0.1) is 12.3 Å². The highest BCUT2D eigenvalue weighted by Gasteiger charge is 2.22. The first-order valence-corrected chi connectivity index (χ1v) is 6.07. The minimum Gasteiger partial charge on any atom is -0.375 e. The molecule has 2 N–H and O–H groups in total. The van der Waals surface area contributed by atoms with Gasteiger partial charge in [0.1, 0.15) is 5.01 Å². The van der Waals surface area contributed by atoms with E-state index in [-0.39, 0.29) is 5.41 Å².